The average molecular weight is 748 g/mol. The number of rotatable bonds is 5. The molecule has 7 aromatic carbocycles. The van der Waals surface area contributed by atoms with E-state index in [4.69, 9.17) is 0 Å². The van der Waals surface area contributed by atoms with Gasteiger partial charge in [-0.15, -0.1) is 0 Å². The largest absolute Gasteiger partial charge is 0.310 e. The van der Waals surface area contributed by atoms with Gasteiger partial charge in [0.05, 0.1) is 5.69 Å². The number of hydrogen-bond donors (Lipinski definition) is 0. The van der Waals surface area contributed by atoms with Crippen LogP contribution in [0.15, 0.2) is 164 Å². The smallest absolute Gasteiger partial charge is 0.0543 e. The lowest BCUT2D eigenvalue weighted by Gasteiger charge is -2.61. The van der Waals surface area contributed by atoms with Gasteiger partial charge in [0, 0.05) is 27.8 Å². The molecule has 58 heavy (non-hydrogen) atoms. The highest BCUT2D eigenvalue weighted by Crippen LogP contribution is 2.70. The zero-order valence-corrected chi connectivity index (χ0v) is 33.2. The molecule has 7 aliphatic rings. The van der Waals surface area contributed by atoms with E-state index in [9.17, 15) is 0 Å². The summed E-state index contributed by atoms with van der Waals surface area (Å²) in [7, 11) is 0. The number of hydrogen-bond acceptors (Lipinski definition) is 1. The van der Waals surface area contributed by atoms with E-state index in [1.165, 1.54) is 125 Å². The Morgan fingerprint density at radius 2 is 0.948 bits per heavy atom. The molecule has 0 N–H and O–H groups in total. The molecular weight excluding hydrogens is 699 g/mol. The van der Waals surface area contributed by atoms with E-state index < -0.39 is 0 Å². The van der Waals surface area contributed by atoms with Crippen LogP contribution in [0.4, 0.5) is 17.1 Å². The molecule has 5 saturated carbocycles. The molecule has 1 nitrogen and oxygen atoms in total. The van der Waals surface area contributed by atoms with E-state index in [0.717, 1.165) is 23.7 Å². The van der Waals surface area contributed by atoms with Crippen LogP contribution in [-0.4, -0.2) is 0 Å². The molecule has 0 saturated heterocycles. The fraction of sp³-hybridized carbons (Fsp3) is 0.263. The molecule has 1 heteroatoms. The first-order valence-electron chi connectivity index (χ1n) is 22.2. The second kappa shape index (κ2) is 12.4. The van der Waals surface area contributed by atoms with Crippen LogP contribution in [0.2, 0.25) is 0 Å². The van der Waals surface area contributed by atoms with Crippen LogP contribution in [0.5, 0.6) is 0 Å². The Labute approximate surface area is 343 Å². The molecule has 0 heterocycles. The Morgan fingerprint density at radius 1 is 0.397 bits per heavy atom. The van der Waals surface area contributed by atoms with Crippen molar-refractivity contribution < 1.29 is 0 Å². The second-order valence-corrected chi connectivity index (χ2v) is 18.8. The quantitative estimate of drug-likeness (QED) is 0.169. The van der Waals surface area contributed by atoms with Crippen LogP contribution in [0.3, 0.4) is 0 Å². The van der Waals surface area contributed by atoms with Gasteiger partial charge >= 0.3 is 0 Å². The molecule has 0 unspecified atom stereocenters. The summed E-state index contributed by atoms with van der Waals surface area (Å²) in [6, 6.07) is 63.2. The van der Waals surface area contributed by atoms with E-state index >= 15 is 0 Å². The van der Waals surface area contributed by atoms with Crippen molar-refractivity contribution in [2.24, 2.45) is 23.7 Å². The first-order valence-corrected chi connectivity index (χ1v) is 22.2. The molecule has 4 bridgehead atoms. The maximum absolute atomic E-state index is 2.65. The van der Waals surface area contributed by atoms with Gasteiger partial charge in [-0.1, -0.05) is 146 Å². The molecule has 14 rings (SSSR count). The van der Waals surface area contributed by atoms with Crippen molar-refractivity contribution >= 4 is 17.1 Å². The second-order valence-electron chi connectivity index (χ2n) is 18.8. The standard InChI is InChI=1S/C57H49N/c1-3-14-39(15-4-1)45-26-24-43(35-48(45)40-16-5-2-6-17-40)58(44-25-27-51-49(36-44)46-18-7-9-20-50(46)56(51)28-11-12-29-56)54-23-13-22-53-55(54)47-19-8-10-21-52(47)57(53)41-31-37-30-38(33-41)34-42(57)32-37/h1-10,13-27,35-38,41-42H,11-12,28-34H2. The van der Waals surface area contributed by atoms with Crippen molar-refractivity contribution in [2.75, 3.05) is 4.90 Å². The highest BCUT2D eigenvalue weighted by atomic mass is 15.1. The van der Waals surface area contributed by atoms with Crippen molar-refractivity contribution in [1.29, 1.82) is 0 Å². The predicted molar refractivity (Wildman–Crippen MR) is 240 cm³/mol. The SMILES string of the molecule is c1ccc(-c2ccc(N(c3ccc4c(c3)-c3ccccc3C43CCCC3)c3cccc4c3-c3ccccc3C43C4CC5CC(C4)CC3C5)cc2-c2ccccc2)cc1. The molecule has 7 aromatic rings. The highest BCUT2D eigenvalue weighted by molar-refractivity contribution is 5.98. The summed E-state index contributed by atoms with van der Waals surface area (Å²) < 4.78 is 0. The minimum Gasteiger partial charge on any atom is -0.310 e. The van der Waals surface area contributed by atoms with Gasteiger partial charge in [0.2, 0.25) is 0 Å². The van der Waals surface area contributed by atoms with Gasteiger partial charge in [-0.2, -0.15) is 0 Å². The van der Waals surface area contributed by atoms with E-state index in [1.54, 1.807) is 16.7 Å². The van der Waals surface area contributed by atoms with Crippen LogP contribution in [0.1, 0.15) is 80.0 Å². The normalized spacial score (nSPS) is 24.8. The van der Waals surface area contributed by atoms with Gasteiger partial charge in [0.1, 0.15) is 0 Å². The van der Waals surface area contributed by atoms with Crippen LogP contribution in [0, 0.1) is 23.7 Å². The maximum Gasteiger partial charge on any atom is 0.0543 e. The van der Waals surface area contributed by atoms with Crippen molar-refractivity contribution in [3.05, 3.63) is 186 Å². The minimum absolute atomic E-state index is 0.110. The molecule has 2 spiro atoms. The molecule has 5 fully saturated rings. The third kappa shape index (κ3) is 4.48. The molecule has 0 amide bonds. The van der Waals surface area contributed by atoms with Crippen molar-refractivity contribution in [1.82, 2.24) is 0 Å². The molecule has 0 aliphatic heterocycles. The Bertz CT molecular complexity index is 2720. The Balaban J connectivity index is 1.07. The summed E-state index contributed by atoms with van der Waals surface area (Å²) in [5, 5.41) is 0. The van der Waals surface area contributed by atoms with Crippen molar-refractivity contribution in [3.63, 3.8) is 0 Å². The van der Waals surface area contributed by atoms with E-state index in [2.05, 4.69) is 169 Å². The van der Waals surface area contributed by atoms with Gasteiger partial charge in [0.25, 0.3) is 0 Å². The summed E-state index contributed by atoms with van der Waals surface area (Å²) in [6.45, 7) is 0. The number of nitrogens with zero attached hydrogens (tertiary/aromatic N) is 1. The van der Waals surface area contributed by atoms with Gasteiger partial charge < -0.3 is 4.90 Å². The average Bonchev–Trinajstić information content (AvgIpc) is 3.96. The lowest BCUT2D eigenvalue weighted by molar-refractivity contribution is -0.0399. The summed E-state index contributed by atoms with van der Waals surface area (Å²) in [5.41, 5.74) is 21.1. The third-order valence-electron chi connectivity index (χ3n) is 16.2. The first-order chi connectivity index (χ1) is 28.7. The van der Waals surface area contributed by atoms with Gasteiger partial charge in [-0.3, -0.25) is 0 Å². The Morgan fingerprint density at radius 3 is 1.66 bits per heavy atom. The van der Waals surface area contributed by atoms with Crippen LogP contribution in [0.25, 0.3) is 44.5 Å². The fourth-order valence-corrected chi connectivity index (χ4v) is 14.3. The van der Waals surface area contributed by atoms with Gasteiger partial charge in [-0.05, 0) is 160 Å². The predicted octanol–water partition coefficient (Wildman–Crippen LogP) is 15.1. The third-order valence-corrected chi connectivity index (χ3v) is 16.2. The topological polar surface area (TPSA) is 3.24 Å². The first kappa shape index (κ1) is 33.3. The Kier molecular flexibility index (Phi) is 7.14. The van der Waals surface area contributed by atoms with Crippen LogP contribution >= 0.6 is 0 Å². The van der Waals surface area contributed by atoms with E-state index in [-0.39, 0.29) is 10.8 Å². The number of anilines is 3. The summed E-state index contributed by atoms with van der Waals surface area (Å²) in [6.07, 6.45) is 12.1. The monoisotopic (exact) mass is 747 g/mol. The highest BCUT2D eigenvalue weighted by Gasteiger charge is 2.62. The molecule has 0 radical (unpaired) electrons. The fourth-order valence-electron chi connectivity index (χ4n) is 14.3. The summed E-state index contributed by atoms with van der Waals surface area (Å²) in [5.74, 6) is 3.29. The van der Waals surface area contributed by atoms with E-state index in [1.807, 2.05) is 0 Å². The molecule has 7 aliphatic carbocycles. The molecular formula is C57H49N. The van der Waals surface area contributed by atoms with Gasteiger partial charge in [-0.25, -0.2) is 0 Å². The maximum atomic E-state index is 2.65. The lowest BCUT2D eigenvalue weighted by Crippen LogP contribution is -2.55. The number of fused-ring (bicyclic) bond motifs is 8. The van der Waals surface area contributed by atoms with Crippen LogP contribution < -0.4 is 4.90 Å². The minimum atomic E-state index is 0.110. The molecule has 282 valence electrons. The Hall–Kier alpha value is -5.66. The zero-order valence-electron chi connectivity index (χ0n) is 33.2. The van der Waals surface area contributed by atoms with Crippen molar-refractivity contribution in [2.45, 2.75) is 68.6 Å². The zero-order chi connectivity index (χ0) is 38.0. The lowest BCUT2D eigenvalue weighted by atomic mass is 9.43. The van der Waals surface area contributed by atoms with Gasteiger partial charge in [0.15, 0.2) is 0 Å². The summed E-state index contributed by atoms with van der Waals surface area (Å²) >= 11 is 0. The summed E-state index contributed by atoms with van der Waals surface area (Å²) in [4.78, 5) is 2.65. The van der Waals surface area contributed by atoms with E-state index in [0.29, 0.717) is 0 Å². The molecule has 0 atom stereocenters. The molecule has 0 aromatic heterocycles. The van der Waals surface area contributed by atoms with Crippen molar-refractivity contribution in [3.8, 4) is 44.5 Å². The number of benzene rings is 7. The van der Waals surface area contributed by atoms with Crippen LogP contribution in [-0.2, 0) is 10.8 Å².